The summed E-state index contributed by atoms with van der Waals surface area (Å²) < 4.78 is 0. The summed E-state index contributed by atoms with van der Waals surface area (Å²) in [6.07, 6.45) is 9.27. The minimum atomic E-state index is 0.280. The number of imidazole rings is 2. The molecule has 2 atom stereocenters. The molecule has 2 aliphatic heterocycles. The number of aromatic amines is 2. The van der Waals surface area contributed by atoms with Crippen molar-refractivity contribution in [3.05, 3.63) is 71.6 Å². The predicted molar refractivity (Wildman–Crippen MR) is 157 cm³/mol. The van der Waals surface area contributed by atoms with Gasteiger partial charge in [-0.1, -0.05) is 36.4 Å². The summed E-state index contributed by atoms with van der Waals surface area (Å²) in [6, 6.07) is 13.8. The third-order valence-corrected chi connectivity index (χ3v) is 11.1. The second-order valence-electron chi connectivity index (χ2n) is 10.9. The minimum absolute atomic E-state index is 0.280. The molecule has 194 valence electrons. The number of rotatable bonds is 5. The third kappa shape index (κ3) is 3.96. The van der Waals surface area contributed by atoms with Crippen LogP contribution in [0.5, 0.6) is 0 Å². The fourth-order valence-corrected chi connectivity index (χ4v) is 8.90. The first-order valence-corrected chi connectivity index (χ1v) is 16.0. The number of aromatic nitrogens is 4. The molecule has 6 nitrogen and oxygen atoms in total. The Morgan fingerprint density at radius 2 is 1.13 bits per heavy atom. The molecule has 4 aromatic rings. The molecule has 4 N–H and O–H groups in total. The summed E-state index contributed by atoms with van der Waals surface area (Å²) in [4.78, 5) is 16.6. The van der Waals surface area contributed by atoms with E-state index in [2.05, 4.69) is 68.2 Å². The van der Waals surface area contributed by atoms with E-state index < -0.39 is 0 Å². The van der Waals surface area contributed by atoms with Gasteiger partial charge in [0.2, 0.25) is 0 Å². The normalized spacial score (nSPS) is 26.2. The molecule has 4 heterocycles. The number of nitrogens with zero attached hydrogens (tertiary/aromatic N) is 2. The van der Waals surface area contributed by atoms with Crippen LogP contribution in [0.15, 0.2) is 48.8 Å². The molecule has 8 heteroatoms. The van der Waals surface area contributed by atoms with Gasteiger partial charge in [-0.3, -0.25) is 10.6 Å². The van der Waals surface area contributed by atoms with Gasteiger partial charge in [-0.25, -0.2) is 9.97 Å². The van der Waals surface area contributed by atoms with Crippen LogP contribution in [-0.2, 0) is 0 Å². The van der Waals surface area contributed by atoms with Crippen molar-refractivity contribution < 1.29 is 0 Å². The lowest BCUT2D eigenvalue weighted by molar-refractivity contribution is 0.360. The van der Waals surface area contributed by atoms with Crippen molar-refractivity contribution >= 4 is 23.5 Å². The van der Waals surface area contributed by atoms with Crippen LogP contribution in [0.25, 0.3) is 33.6 Å². The number of hydrogen-bond donors (Lipinski definition) is 4. The van der Waals surface area contributed by atoms with Crippen LogP contribution in [0, 0.1) is 0 Å². The Morgan fingerprint density at radius 3 is 1.74 bits per heavy atom. The van der Waals surface area contributed by atoms with E-state index in [1.165, 1.54) is 53.6 Å². The fraction of sp³-hybridized carbons (Fsp3) is 0.400. The molecule has 9 rings (SSSR count). The van der Waals surface area contributed by atoms with Gasteiger partial charge in [-0.2, -0.15) is 0 Å². The van der Waals surface area contributed by atoms with Gasteiger partial charge in [-0.05, 0) is 65.3 Å². The second kappa shape index (κ2) is 9.59. The summed E-state index contributed by atoms with van der Waals surface area (Å²) >= 11 is 3.85. The Kier molecular flexibility index (Phi) is 5.90. The summed E-state index contributed by atoms with van der Waals surface area (Å²) in [7, 11) is 0. The quantitative estimate of drug-likeness (QED) is 0.230. The van der Waals surface area contributed by atoms with Crippen LogP contribution < -0.4 is 10.6 Å². The molecule has 2 bridgehead atoms. The highest BCUT2D eigenvalue weighted by atomic mass is 32.2. The van der Waals surface area contributed by atoms with Crippen molar-refractivity contribution in [1.29, 1.82) is 0 Å². The highest BCUT2D eigenvalue weighted by Gasteiger charge is 2.37. The molecule has 2 aromatic carbocycles. The van der Waals surface area contributed by atoms with E-state index >= 15 is 0 Å². The number of hydrogen-bond acceptors (Lipinski definition) is 6. The average molecular weight is 541 g/mol. The number of fused-ring (bicyclic) bond motifs is 2. The predicted octanol–water partition coefficient (Wildman–Crippen LogP) is 6.56. The van der Waals surface area contributed by atoms with Crippen molar-refractivity contribution in [3.8, 4) is 33.6 Å². The first-order valence-electron chi connectivity index (χ1n) is 13.9. The second-order valence-corrected chi connectivity index (χ2v) is 13.3. The van der Waals surface area contributed by atoms with Gasteiger partial charge in [0, 0.05) is 30.2 Å². The smallest absolute Gasteiger partial charge is 0.134 e. The number of benzene rings is 2. The average Bonchev–Trinajstić information content (AvgIpc) is 3.80. The molecule has 38 heavy (non-hydrogen) atoms. The van der Waals surface area contributed by atoms with Gasteiger partial charge in [0.05, 0.1) is 23.8 Å². The molecule has 0 radical (unpaired) electrons. The molecule has 1 saturated carbocycles. The molecule has 5 aliphatic rings. The maximum atomic E-state index is 4.78. The maximum absolute atomic E-state index is 4.78. The first kappa shape index (κ1) is 23.4. The Morgan fingerprint density at radius 1 is 0.605 bits per heavy atom. The van der Waals surface area contributed by atoms with E-state index in [1.807, 2.05) is 29.7 Å². The molecule has 2 aromatic heterocycles. The van der Waals surface area contributed by atoms with E-state index in [0.29, 0.717) is 11.8 Å². The van der Waals surface area contributed by atoms with E-state index in [-0.39, 0.29) is 10.7 Å². The van der Waals surface area contributed by atoms with Gasteiger partial charge in [0.1, 0.15) is 22.4 Å². The van der Waals surface area contributed by atoms with Crippen LogP contribution in [-0.4, -0.2) is 44.5 Å². The number of H-pyrrole nitrogens is 2. The summed E-state index contributed by atoms with van der Waals surface area (Å²) in [6.45, 7) is 2.10. The minimum Gasteiger partial charge on any atom is -0.340 e. The Balaban J connectivity index is 1.14. The van der Waals surface area contributed by atoms with Gasteiger partial charge in [0.25, 0.3) is 0 Å². The fourth-order valence-electron chi connectivity index (χ4n) is 6.93. The van der Waals surface area contributed by atoms with Crippen LogP contribution in [0.3, 0.4) is 0 Å². The van der Waals surface area contributed by atoms with Crippen molar-refractivity contribution in [2.45, 2.75) is 48.3 Å². The lowest BCUT2D eigenvalue weighted by Crippen LogP contribution is -2.23. The lowest BCUT2D eigenvalue weighted by Gasteiger charge is -2.41. The zero-order valence-corrected chi connectivity index (χ0v) is 22.9. The zero-order valence-electron chi connectivity index (χ0n) is 21.3. The number of thioether (sulfide) groups is 2. The maximum Gasteiger partial charge on any atom is 0.134 e. The molecule has 3 fully saturated rings. The van der Waals surface area contributed by atoms with Gasteiger partial charge >= 0.3 is 0 Å². The summed E-state index contributed by atoms with van der Waals surface area (Å²) in [5, 5.41) is 7.61. The highest BCUT2D eigenvalue weighted by molar-refractivity contribution is 7.99. The first-order chi connectivity index (χ1) is 18.8. The molecule has 0 spiro atoms. The van der Waals surface area contributed by atoms with Crippen LogP contribution in [0.4, 0.5) is 0 Å². The van der Waals surface area contributed by atoms with Crippen molar-refractivity contribution in [2.24, 2.45) is 0 Å². The van der Waals surface area contributed by atoms with Gasteiger partial charge in [0.15, 0.2) is 0 Å². The molecule has 2 saturated heterocycles. The Labute approximate surface area is 231 Å². The van der Waals surface area contributed by atoms with Crippen molar-refractivity contribution in [1.82, 2.24) is 30.6 Å². The Hall–Kier alpha value is -2.52. The summed E-state index contributed by atoms with van der Waals surface area (Å²) in [5.41, 5.74) is 10.7. The molecular formula is C30H32N6S2. The topological polar surface area (TPSA) is 81.4 Å². The van der Waals surface area contributed by atoms with Crippen molar-refractivity contribution in [3.63, 3.8) is 0 Å². The van der Waals surface area contributed by atoms with Gasteiger partial charge < -0.3 is 9.97 Å². The van der Waals surface area contributed by atoms with E-state index in [0.717, 1.165) is 41.9 Å². The standard InChI is InChI=1S/C30H32N6S2/c1-3-18(23-15-33-27(35-23)29-31-11-13-37-29)4-2-17(1)21-9-10-22(26-20-7-5-19(6-8-20)25(21)26)24-16-34-28(36-24)30-32-12-14-38-30/h1-4,9-10,15-16,19-20,29-32H,5-8,11-14H2,(H,33,35)(H,34,36). The lowest BCUT2D eigenvalue weighted by atomic mass is 9.64. The van der Waals surface area contributed by atoms with Crippen molar-refractivity contribution in [2.75, 3.05) is 24.6 Å². The molecule has 3 aliphatic carbocycles. The Bertz CT molecular complexity index is 1450. The molecular weight excluding hydrogens is 509 g/mol. The van der Waals surface area contributed by atoms with Crippen LogP contribution >= 0.6 is 23.5 Å². The van der Waals surface area contributed by atoms with E-state index in [4.69, 9.17) is 4.98 Å². The molecule has 2 unspecified atom stereocenters. The monoisotopic (exact) mass is 540 g/mol. The molecule has 0 amide bonds. The van der Waals surface area contributed by atoms with Crippen LogP contribution in [0.1, 0.15) is 71.0 Å². The SMILES string of the molecule is c1cc(-c2ccc(-c3cnc(C4NCCS4)[nH]3)c3c2C2CCC3CC2)ccc1-c1cnc(C2NCCS2)[nH]1. The van der Waals surface area contributed by atoms with Gasteiger partial charge in [-0.15, -0.1) is 23.5 Å². The van der Waals surface area contributed by atoms with E-state index in [1.54, 1.807) is 11.1 Å². The zero-order chi connectivity index (χ0) is 25.1. The number of nitrogens with one attached hydrogen (secondary N) is 4. The third-order valence-electron chi connectivity index (χ3n) is 8.75. The van der Waals surface area contributed by atoms with Crippen LogP contribution in [0.2, 0.25) is 0 Å². The highest BCUT2D eigenvalue weighted by Crippen LogP contribution is 2.55. The van der Waals surface area contributed by atoms with E-state index in [9.17, 15) is 0 Å². The largest absolute Gasteiger partial charge is 0.340 e. The summed E-state index contributed by atoms with van der Waals surface area (Å²) in [5.74, 6) is 5.67.